The number of furan rings is 1. The van der Waals surface area contributed by atoms with Crippen LogP contribution in [0.4, 0.5) is 0 Å². The summed E-state index contributed by atoms with van der Waals surface area (Å²) in [6, 6.07) is 5.59. The van der Waals surface area contributed by atoms with Gasteiger partial charge in [-0.15, -0.1) is 0 Å². The standard InChI is InChI=1S/C20H24N4O3/c1-12(2)24-19-16(11-21-24)15(10-17(23-19)18-4-3-9-27-18)20(26)22-13-5-7-14(25)8-6-13/h3-4,9-14,25H,5-8H2,1-2H3,(H,22,26). The fourth-order valence-electron chi connectivity index (χ4n) is 3.62. The third-order valence-electron chi connectivity index (χ3n) is 5.11. The molecule has 1 fully saturated rings. The molecular weight excluding hydrogens is 344 g/mol. The summed E-state index contributed by atoms with van der Waals surface area (Å²) >= 11 is 0. The van der Waals surface area contributed by atoms with Crippen LogP contribution in [0.1, 0.15) is 55.9 Å². The molecule has 0 aliphatic heterocycles. The number of nitrogens with one attached hydrogen (secondary N) is 1. The van der Waals surface area contributed by atoms with Crippen molar-refractivity contribution in [2.24, 2.45) is 0 Å². The number of rotatable bonds is 4. The van der Waals surface area contributed by atoms with E-state index in [1.165, 1.54) is 0 Å². The summed E-state index contributed by atoms with van der Waals surface area (Å²) in [6.07, 6.45) is 6.07. The second-order valence-corrected chi connectivity index (χ2v) is 7.43. The van der Waals surface area contributed by atoms with Crippen molar-refractivity contribution in [3.8, 4) is 11.5 Å². The molecule has 1 aliphatic rings. The molecule has 4 rings (SSSR count). The highest BCUT2D eigenvalue weighted by Crippen LogP contribution is 2.27. The maximum Gasteiger partial charge on any atom is 0.252 e. The highest BCUT2D eigenvalue weighted by Gasteiger charge is 2.24. The zero-order valence-electron chi connectivity index (χ0n) is 15.6. The van der Waals surface area contributed by atoms with E-state index in [1.54, 1.807) is 24.6 Å². The van der Waals surface area contributed by atoms with Crippen molar-refractivity contribution in [2.75, 3.05) is 0 Å². The zero-order chi connectivity index (χ0) is 19.0. The first kappa shape index (κ1) is 17.7. The molecule has 0 bridgehead atoms. The van der Waals surface area contributed by atoms with Gasteiger partial charge in [0.15, 0.2) is 11.4 Å². The Labute approximate surface area is 157 Å². The number of hydrogen-bond acceptors (Lipinski definition) is 5. The lowest BCUT2D eigenvalue weighted by atomic mass is 9.93. The number of nitrogens with zero attached hydrogens (tertiary/aromatic N) is 3. The quantitative estimate of drug-likeness (QED) is 0.737. The number of carbonyl (C=O) groups is 1. The number of pyridine rings is 1. The van der Waals surface area contributed by atoms with Crippen LogP contribution in [-0.4, -0.2) is 37.9 Å². The van der Waals surface area contributed by atoms with Crippen LogP contribution in [0, 0.1) is 0 Å². The van der Waals surface area contributed by atoms with Crippen molar-refractivity contribution >= 4 is 16.9 Å². The van der Waals surface area contributed by atoms with E-state index >= 15 is 0 Å². The third kappa shape index (κ3) is 3.47. The Morgan fingerprint density at radius 1 is 1.33 bits per heavy atom. The lowest BCUT2D eigenvalue weighted by molar-refractivity contribution is 0.0869. The van der Waals surface area contributed by atoms with Gasteiger partial charge in [-0.3, -0.25) is 4.79 Å². The average Bonchev–Trinajstić information content (AvgIpc) is 3.32. The molecule has 0 spiro atoms. The average molecular weight is 368 g/mol. The SMILES string of the molecule is CC(C)n1ncc2c(C(=O)NC3CCC(O)CC3)cc(-c3ccco3)nc21. The molecule has 0 atom stereocenters. The molecule has 1 saturated carbocycles. The van der Waals surface area contributed by atoms with Gasteiger partial charge in [0.25, 0.3) is 5.91 Å². The Hall–Kier alpha value is -2.67. The Balaban J connectivity index is 1.73. The van der Waals surface area contributed by atoms with Crippen molar-refractivity contribution in [3.63, 3.8) is 0 Å². The van der Waals surface area contributed by atoms with Gasteiger partial charge >= 0.3 is 0 Å². The molecule has 1 amide bonds. The first-order valence-electron chi connectivity index (χ1n) is 9.44. The second-order valence-electron chi connectivity index (χ2n) is 7.43. The minimum absolute atomic E-state index is 0.0799. The van der Waals surface area contributed by atoms with Crippen LogP contribution < -0.4 is 5.32 Å². The Morgan fingerprint density at radius 2 is 2.11 bits per heavy atom. The fourth-order valence-corrected chi connectivity index (χ4v) is 3.62. The molecule has 3 aromatic rings. The minimum Gasteiger partial charge on any atom is -0.463 e. The van der Waals surface area contributed by atoms with Crippen LogP contribution in [0.25, 0.3) is 22.5 Å². The summed E-state index contributed by atoms with van der Waals surface area (Å²) in [7, 11) is 0. The topological polar surface area (TPSA) is 93.2 Å². The number of amides is 1. The summed E-state index contributed by atoms with van der Waals surface area (Å²) in [6.45, 7) is 4.06. The summed E-state index contributed by atoms with van der Waals surface area (Å²) in [5.74, 6) is 0.475. The number of aromatic nitrogens is 3. The smallest absolute Gasteiger partial charge is 0.252 e. The van der Waals surface area contributed by atoms with Gasteiger partial charge in [0.05, 0.1) is 29.5 Å². The monoisotopic (exact) mass is 368 g/mol. The van der Waals surface area contributed by atoms with E-state index in [-0.39, 0.29) is 24.1 Å². The minimum atomic E-state index is -0.249. The van der Waals surface area contributed by atoms with Crippen LogP contribution in [-0.2, 0) is 0 Å². The summed E-state index contributed by atoms with van der Waals surface area (Å²) in [4.78, 5) is 17.7. The zero-order valence-corrected chi connectivity index (χ0v) is 15.6. The Morgan fingerprint density at radius 3 is 2.78 bits per heavy atom. The second kappa shape index (κ2) is 7.15. The molecule has 0 saturated heterocycles. The van der Waals surface area contributed by atoms with Crippen molar-refractivity contribution < 1.29 is 14.3 Å². The normalized spacial score (nSPS) is 20.3. The van der Waals surface area contributed by atoms with Crippen molar-refractivity contribution in [3.05, 3.63) is 36.2 Å². The summed E-state index contributed by atoms with van der Waals surface area (Å²) < 4.78 is 7.31. The van der Waals surface area contributed by atoms with Gasteiger partial charge < -0.3 is 14.8 Å². The van der Waals surface area contributed by atoms with Gasteiger partial charge in [0.2, 0.25) is 0 Å². The number of hydrogen-bond donors (Lipinski definition) is 2. The molecule has 0 unspecified atom stereocenters. The highest BCUT2D eigenvalue weighted by molar-refractivity contribution is 6.06. The van der Waals surface area contributed by atoms with Gasteiger partial charge in [-0.25, -0.2) is 9.67 Å². The van der Waals surface area contributed by atoms with E-state index in [0.717, 1.165) is 31.1 Å². The molecule has 0 aromatic carbocycles. The van der Waals surface area contributed by atoms with E-state index in [1.807, 2.05) is 24.6 Å². The van der Waals surface area contributed by atoms with Crippen LogP contribution >= 0.6 is 0 Å². The van der Waals surface area contributed by atoms with Crippen LogP contribution in [0.15, 0.2) is 35.1 Å². The van der Waals surface area contributed by atoms with Gasteiger partial charge in [-0.1, -0.05) is 0 Å². The molecule has 0 radical (unpaired) electrons. The maximum absolute atomic E-state index is 13.0. The van der Waals surface area contributed by atoms with E-state index in [4.69, 9.17) is 9.40 Å². The van der Waals surface area contributed by atoms with Crippen molar-refractivity contribution in [2.45, 2.75) is 57.7 Å². The Kier molecular flexibility index (Phi) is 4.70. The summed E-state index contributed by atoms with van der Waals surface area (Å²) in [5.41, 5.74) is 1.83. The first-order chi connectivity index (χ1) is 13.0. The predicted octanol–water partition coefficient (Wildman–Crippen LogP) is 3.31. The molecule has 142 valence electrons. The van der Waals surface area contributed by atoms with E-state index in [2.05, 4.69) is 10.4 Å². The lowest BCUT2D eigenvalue weighted by Crippen LogP contribution is -2.38. The molecule has 27 heavy (non-hydrogen) atoms. The van der Waals surface area contributed by atoms with Crippen molar-refractivity contribution in [1.29, 1.82) is 0 Å². The predicted molar refractivity (Wildman–Crippen MR) is 101 cm³/mol. The van der Waals surface area contributed by atoms with Crippen LogP contribution in [0.5, 0.6) is 0 Å². The van der Waals surface area contributed by atoms with Crippen LogP contribution in [0.3, 0.4) is 0 Å². The molecule has 3 aromatic heterocycles. The molecule has 7 nitrogen and oxygen atoms in total. The lowest BCUT2D eigenvalue weighted by Gasteiger charge is -2.26. The number of fused-ring (bicyclic) bond motifs is 1. The maximum atomic E-state index is 13.0. The van der Waals surface area contributed by atoms with Gasteiger partial charge in [-0.2, -0.15) is 5.10 Å². The van der Waals surface area contributed by atoms with E-state index in [9.17, 15) is 9.90 Å². The Bertz CT molecular complexity index is 938. The number of aliphatic hydroxyl groups is 1. The first-order valence-corrected chi connectivity index (χ1v) is 9.44. The largest absolute Gasteiger partial charge is 0.463 e. The van der Waals surface area contributed by atoms with Crippen LogP contribution in [0.2, 0.25) is 0 Å². The van der Waals surface area contributed by atoms with Gasteiger partial charge in [-0.05, 0) is 57.7 Å². The number of aliphatic hydroxyl groups excluding tert-OH is 1. The summed E-state index contributed by atoms with van der Waals surface area (Å²) in [5, 5.41) is 17.9. The molecule has 1 aliphatic carbocycles. The van der Waals surface area contributed by atoms with Gasteiger partial charge in [0, 0.05) is 12.1 Å². The van der Waals surface area contributed by atoms with Gasteiger partial charge in [0.1, 0.15) is 5.69 Å². The van der Waals surface area contributed by atoms with E-state index < -0.39 is 0 Å². The molecule has 7 heteroatoms. The third-order valence-corrected chi connectivity index (χ3v) is 5.11. The molecule has 3 heterocycles. The van der Waals surface area contributed by atoms with Crippen molar-refractivity contribution in [1.82, 2.24) is 20.1 Å². The fraction of sp³-hybridized carbons (Fsp3) is 0.450. The van der Waals surface area contributed by atoms with E-state index in [0.29, 0.717) is 22.7 Å². The molecule has 2 N–H and O–H groups in total. The number of carbonyl (C=O) groups excluding carboxylic acids is 1. The molecular formula is C20H24N4O3. The highest BCUT2D eigenvalue weighted by atomic mass is 16.3.